The first-order valence-corrected chi connectivity index (χ1v) is 14.4. The van der Waals surface area contributed by atoms with E-state index in [1.807, 2.05) is 0 Å². The van der Waals surface area contributed by atoms with Crippen molar-refractivity contribution >= 4 is 0 Å². The zero-order valence-electron chi connectivity index (χ0n) is 22.7. The van der Waals surface area contributed by atoms with Crippen LogP contribution in [0, 0.1) is 50.7 Å². The highest BCUT2D eigenvalue weighted by atomic mass is 16.3. The Balaban J connectivity index is 1.37. The fourth-order valence-electron chi connectivity index (χ4n) is 11.3. The third-order valence-electron chi connectivity index (χ3n) is 13.7. The molecule has 5 fully saturated rings. The normalized spacial score (nSPS) is 53.8. The van der Waals surface area contributed by atoms with Crippen molar-refractivity contribution in [3.8, 4) is 0 Å². The molecule has 0 aromatic carbocycles. The van der Waals surface area contributed by atoms with E-state index in [0.717, 1.165) is 25.2 Å². The average Bonchev–Trinajstić information content (AvgIpc) is 3.36. The molecular formula is C30H52O4. The summed E-state index contributed by atoms with van der Waals surface area (Å²) >= 11 is 0. The van der Waals surface area contributed by atoms with Crippen molar-refractivity contribution < 1.29 is 20.4 Å². The van der Waals surface area contributed by atoms with Gasteiger partial charge in [0.1, 0.15) is 0 Å². The number of rotatable bonds is 6. The minimum Gasteiger partial charge on any atom is -0.396 e. The van der Waals surface area contributed by atoms with E-state index in [4.69, 9.17) is 0 Å². The van der Waals surface area contributed by atoms with Crippen molar-refractivity contribution in [2.75, 3.05) is 6.61 Å². The smallest absolute Gasteiger partial charge is 0.0849 e. The van der Waals surface area contributed by atoms with Crippen molar-refractivity contribution in [2.24, 2.45) is 50.7 Å². The van der Waals surface area contributed by atoms with Gasteiger partial charge in [0.25, 0.3) is 0 Å². The molecular weight excluding hydrogens is 424 g/mol. The van der Waals surface area contributed by atoms with Gasteiger partial charge in [-0.3, -0.25) is 0 Å². The van der Waals surface area contributed by atoms with Gasteiger partial charge < -0.3 is 20.4 Å². The molecule has 4 N–H and O–H groups in total. The van der Waals surface area contributed by atoms with E-state index >= 15 is 0 Å². The van der Waals surface area contributed by atoms with Gasteiger partial charge in [0.05, 0.1) is 24.4 Å². The average molecular weight is 477 g/mol. The number of aliphatic hydroxyl groups excluding tert-OH is 3. The lowest BCUT2D eigenvalue weighted by Gasteiger charge is -2.63. The van der Waals surface area contributed by atoms with Crippen LogP contribution in [0.2, 0.25) is 0 Å². The topological polar surface area (TPSA) is 80.9 Å². The molecule has 0 bridgehead atoms. The monoisotopic (exact) mass is 476 g/mol. The van der Waals surface area contributed by atoms with Crippen molar-refractivity contribution in [1.82, 2.24) is 0 Å². The van der Waals surface area contributed by atoms with Crippen molar-refractivity contribution in [3.63, 3.8) is 0 Å². The standard InChI is InChI=1S/C30H52O4/c1-19(7-10-23(32)25(2,3)34)20-11-13-28(6)22-9-8-21-26(4,18-31)24(33)12-14-29(21)17-30(22,29)16-15-27(20,28)5/h19-24,31-34H,7-18H2,1-6H3/t19-,20-,21+,22+,23-,24+,26+,27-,28+,29-,30+/m1/s1. The van der Waals surface area contributed by atoms with Gasteiger partial charge in [-0.1, -0.05) is 27.7 Å². The Morgan fingerprint density at radius 1 is 0.853 bits per heavy atom. The third-order valence-corrected chi connectivity index (χ3v) is 13.7. The summed E-state index contributed by atoms with van der Waals surface area (Å²) in [6.07, 6.45) is 11.7. The largest absolute Gasteiger partial charge is 0.396 e. The van der Waals surface area contributed by atoms with Gasteiger partial charge in [-0.2, -0.15) is 0 Å². The van der Waals surface area contributed by atoms with E-state index < -0.39 is 11.7 Å². The molecule has 0 aliphatic heterocycles. The van der Waals surface area contributed by atoms with E-state index in [1.165, 1.54) is 44.9 Å². The Morgan fingerprint density at radius 2 is 1.50 bits per heavy atom. The molecule has 11 atom stereocenters. The van der Waals surface area contributed by atoms with E-state index in [0.29, 0.717) is 45.8 Å². The van der Waals surface area contributed by atoms with Crippen LogP contribution in [0.25, 0.3) is 0 Å². The van der Waals surface area contributed by atoms with Crippen LogP contribution in [-0.4, -0.2) is 44.8 Å². The lowest BCUT2D eigenvalue weighted by molar-refractivity contribution is -0.174. The molecule has 0 heterocycles. The number of hydrogen-bond donors (Lipinski definition) is 4. The second-order valence-electron chi connectivity index (χ2n) is 15.1. The molecule has 0 aromatic heterocycles. The van der Waals surface area contributed by atoms with Gasteiger partial charge in [0.2, 0.25) is 0 Å². The van der Waals surface area contributed by atoms with E-state index in [1.54, 1.807) is 13.8 Å². The van der Waals surface area contributed by atoms with Gasteiger partial charge >= 0.3 is 0 Å². The lowest BCUT2D eigenvalue weighted by atomic mass is 9.41. The molecule has 5 rings (SSSR count). The Labute approximate surface area is 207 Å². The highest BCUT2D eigenvalue weighted by molar-refractivity contribution is 5.30. The fourth-order valence-corrected chi connectivity index (χ4v) is 11.3. The lowest BCUT2D eigenvalue weighted by Crippen LogP contribution is -2.59. The van der Waals surface area contributed by atoms with Crippen LogP contribution < -0.4 is 0 Å². The minimum atomic E-state index is -1.03. The van der Waals surface area contributed by atoms with Crippen LogP contribution in [0.15, 0.2) is 0 Å². The molecule has 4 nitrogen and oxygen atoms in total. The molecule has 2 spiro atoms. The van der Waals surface area contributed by atoms with E-state index in [9.17, 15) is 20.4 Å². The summed E-state index contributed by atoms with van der Waals surface area (Å²) in [7, 11) is 0. The first-order valence-electron chi connectivity index (χ1n) is 14.4. The fraction of sp³-hybridized carbons (Fsp3) is 1.00. The van der Waals surface area contributed by atoms with Crippen LogP contribution >= 0.6 is 0 Å². The Kier molecular flexibility index (Phi) is 5.76. The maximum Gasteiger partial charge on any atom is 0.0849 e. The molecule has 0 radical (unpaired) electrons. The number of fused-ring (bicyclic) bond motifs is 2. The highest BCUT2D eigenvalue weighted by Gasteiger charge is 2.82. The predicted octanol–water partition coefficient (Wildman–Crippen LogP) is 5.31. The third kappa shape index (κ3) is 3.04. The summed E-state index contributed by atoms with van der Waals surface area (Å²) in [5.74, 6) is 2.49. The van der Waals surface area contributed by atoms with Crippen molar-refractivity contribution in [3.05, 3.63) is 0 Å². The zero-order chi connectivity index (χ0) is 24.9. The van der Waals surface area contributed by atoms with Crippen LogP contribution in [0.4, 0.5) is 0 Å². The minimum absolute atomic E-state index is 0.117. The molecule has 5 aliphatic carbocycles. The molecule has 4 heteroatoms. The first kappa shape index (κ1) is 25.5. The van der Waals surface area contributed by atoms with Crippen LogP contribution in [0.5, 0.6) is 0 Å². The first-order chi connectivity index (χ1) is 15.7. The van der Waals surface area contributed by atoms with Gasteiger partial charge in [-0.15, -0.1) is 0 Å². The molecule has 0 aromatic rings. The summed E-state index contributed by atoms with van der Waals surface area (Å²) in [4.78, 5) is 0. The SMILES string of the molecule is C[C@H](CC[C@@H](O)C(C)(C)O)[C@H]1CC[C@@]2(C)[C@@H]3CC[C@H]4[C@](C)(CO)[C@@H](O)CC[C@@]45C[C@@]35CC[C@]12C. The van der Waals surface area contributed by atoms with Crippen molar-refractivity contribution in [2.45, 2.75) is 130 Å². The van der Waals surface area contributed by atoms with Crippen LogP contribution in [0.3, 0.4) is 0 Å². The van der Waals surface area contributed by atoms with E-state index in [2.05, 4.69) is 27.7 Å². The summed E-state index contributed by atoms with van der Waals surface area (Å²) < 4.78 is 0. The molecule has 196 valence electrons. The highest BCUT2D eigenvalue weighted by Crippen LogP contribution is 2.89. The summed E-state index contributed by atoms with van der Waals surface area (Å²) in [5, 5.41) is 41.9. The van der Waals surface area contributed by atoms with Gasteiger partial charge in [-0.25, -0.2) is 0 Å². The maximum absolute atomic E-state index is 10.9. The Hall–Kier alpha value is -0.160. The molecule has 5 saturated carbocycles. The quantitative estimate of drug-likeness (QED) is 0.419. The predicted molar refractivity (Wildman–Crippen MR) is 135 cm³/mol. The molecule has 0 amide bonds. The second kappa shape index (κ2) is 7.68. The Morgan fingerprint density at radius 3 is 2.15 bits per heavy atom. The van der Waals surface area contributed by atoms with Crippen LogP contribution in [0.1, 0.15) is 112 Å². The van der Waals surface area contributed by atoms with Gasteiger partial charge in [0, 0.05) is 5.41 Å². The van der Waals surface area contributed by atoms with Gasteiger partial charge in [-0.05, 0) is 130 Å². The molecule has 34 heavy (non-hydrogen) atoms. The summed E-state index contributed by atoms with van der Waals surface area (Å²) in [6.45, 7) is 13.3. The maximum atomic E-state index is 10.9. The van der Waals surface area contributed by atoms with E-state index in [-0.39, 0.29) is 18.1 Å². The van der Waals surface area contributed by atoms with Gasteiger partial charge in [0.15, 0.2) is 0 Å². The molecule has 0 unspecified atom stereocenters. The zero-order valence-corrected chi connectivity index (χ0v) is 22.7. The Bertz CT molecular complexity index is 806. The van der Waals surface area contributed by atoms with Crippen molar-refractivity contribution in [1.29, 1.82) is 0 Å². The number of aliphatic hydroxyl groups is 4. The number of hydrogen-bond acceptors (Lipinski definition) is 4. The molecule has 5 aliphatic rings. The van der Waals surface area contributed by atoms with Crippen LogP contribution in [-0.2, 0) is 0 Å². The summed E-state index contributed by atoms with van der Waals surface area (Å²) in [6, 6.07) is 0. The second-order valence-corrected chi connectivity index (χ2v) is 15.1. The summed E-state index contributed by atoms with van der Waals surface area (Å²) in [5.41, 5.74) is 0.142. The molecule has 0 saturated heterocycles.